The minimum Gasteiger partial charge on any atom is -0.326 e. The van der Waals surface area contributed by atoms with E-state index in [2.05, 4.69) is 15.3 Å². The monoisotopic (exact) mass is 315 g/mol. The van der Waals surface area contributed by atoms with Crippen LogP contribution in [-0.2, 0) is 9.59 Å². The minimum absolute atomic E-state index is 0.0144. The summed E-state index contributed by atoms with van der Waals surface area (Å²) in [4.78, 5) is 28.2. The van der Waals surface area contributed by atoms with E-state index in [1.54, 1.807) is 17.0 Å². The Bertz CT molecular complexity index is 620. The molecule has 1 aliphatic heterocycles. The SMILES string of the molecule is CC(C)CC(=O)Nc1ccc(N2CC(CN=[N+]=[N-])CC2=O)cc1. The fourth-order valence-electron chi connectivity index (χ4n) is 2.61. The van der Waals surface area contributed by atoms with Gasteiger partial charge in [-0.1, -0.05) is 19.0 Å². The van der Waals surface area contributed by atoms with Gasteiger partial charge < -0.3 is 10.2 Å². The second-order valence-electron chi connectivity index (χ2n) is 6.18. The molecule has 1 aliphatic rings. The van der Waals surface area contributed by atoms with Gasteiger partial charge in [0.15, 0.2) is 0 Å². The Morgan fingerprint density at radius 2 is 2.13 bits per heavy atom. The Morgan fingerprint density at radius 1 is 1.43 bits per heavy atom. The number of amides is 2. The summed E-state index contributed by atoms with van der Waals surface area (Å²) in [6.45, 7) is 4.88. The maximum Gasteiger partial charge on any atom is 0.227 e. The highest BCUT2D eigenvalue weighted by atomic mass is 16.2. The topological polar surface area (TPSA) is 98.2 Å². The highest BCUT2D eigenvalue weighted by Gasteiger charge is 2.29. The highest BCUT2D eigenvalue weighted by molar-refractivity contribution is 5.96. The first-order valence-corrected chi connectivity index (χ1v) is 7.70. The maximum absolute atomic E-state index is 12.1. The van der Waals surface area contributed by atoms with Gasteiger partial charge in [-0.15, -0.1) is 0 Å². The van der Waals surface area contributed by atoms with Crippen molar-refractivity contribution in [2.24, 2.45) is 17.0 Å². The molecule has 1 fully saturated rings. The van der Waals surface area contributed by atoms with Gasteiger partial charge in [0.25, 0.3) is 0 Å². The van der Waals surface area contributed by atoms with Gasteiger partial charge in [-0.05, 0) is 41.6 Å². The number of carbonyl (C=O) groups excluding carboxylic acids is 2. The number of nitrogens with one attached hydrogen (secondary N) is 1. The third-order valence-corrected chi connectivity index (χ3v) is 3.66. The standard InChI is InChI=1S/C16H21N5O2/c1-11(2)7-15(22)19-13-3-5-14(6-4-13)21-10-12(8-16(21)23)9-18-20-17/h3-6,11-12H,7-10H2,1-2H3,(H,19,22). The number of nitrogens with zero attached hydrogens (tertiary/aromatic N) is 4. The number of azide groups is 1. The summed E-state index contributed by atoms with van der Waals surface area (Å²) in [7, 11) is 0. The van der Waals surface area contributed by atoms with E-state index >= 15 is 0 Å². The Balaban J connectivity index is 1.98. The third kappa shape index (κ3) is 4.72. The number of rotatable bonds is 6. The lowest BCUT2D eigenvalue weighted by molar-refractivity contribution is -0.118. The van der Waals surface area contributed by atoms with Crippen molar-refractivity contribution in [1.82, 2.24) is 0 Å². The number of anilines is 2. The van der Waals surface area contributed by atoms with Crippen LogP contribution in [0.5, 0.6) is 0 Å². The fourth-order valence-corrected chi connectivity index (χ4v) is 2.61. The summed E-state index contributed by atoms with van der Waals surface area (Å²) < 4.78 is 0. The van der Waals surface area contributed by atoms with Gasteiger partial charge in [0.1, 0.15) is 0 Å². The van der Waals surface area contributed by atoms with Crippen molar-refractivity contribution in [2.75, 3.05) is 23.3 Å². The smallest absolute Gasteiger partial charge is 0.227 e. The van der Waals surface area contributed by atoms with E-state index in [-0.39, 0.29) is 17.7 Å². The second-order valence-corrected chi connectivity index (χ2v) is 6.18. The van der Waals surface area contributed by atoms with Crippen LogP contribution in [-0.4, -0.2) is 24.9 Å². The molecule has 1 aromatic rings. The molecule has 0 saturated carbocycles. The van der Waals surface area contributed by atoms with Gasteiger partial charge in [-0.3, -0.25) is 9.59 Å². The van der Waals surface area contributed by atoms with E-state index in [1.807, 2.05) is 26.0 Å². The van der Waals surface area contributed by atoms with Crippen molar-refractivity contribution >= 4 is 23.2 Å². The summed E-state index contributed by atoms with van der Waals surface area (Å²) in [5.41, 5.74) is 9.87. The molecule has 2 amide bonds. The number of benzene rings is 1. The van der Waals surface area contributed by atoms with Crippen LogP contribution >= 0.6 is 0 Å². The Labute approximate surface area is 135 Å². The Morgan fingerprint density at radius 3 is 2.74 bits per heavy atom. The third-order valence-electron chi connectivity index (χ3n) is 3.66. The molecular weight excluding hydrogens is 294 g/mol. The van der Waals surface area contributed by atoms with Crippen molar-refractivity contribution in [2.45, 2.75) is 26.7 Å². The number of hydrogen-bond acceptors (Lipinski definition) is 3. The molecule has 1 aromatic carbocycles. The molecule has 0 aromatic heterocycles. The van der Waals surface area contributed by atoms with Crippen LogP contribution in [0.15, 0.2) is 29.4 Å². The normalized spacial score (nSPS) is 17.3. The molecule has 0 bridgehead atoms. The van der Waals surface area contributed by atoms with Crippen molar-refractivity contribution in [3.05, 3.63) is 34.7 Å². The Kier molecular flexibility index (Phi) is 5.60. The summed E-state index contributed by atoms with van der Waals surface area (Å²) in [6, 6.07) is 7.22. The zero-order valence-electron chi connectivity index (χ0n) is 13.4. The van der Waals surface area contributed by atoms with Crippen LogP contribution in [0.3, 0.4) is 0 Å². The first-order valence-electron chi connectivity index (χ1n) is 7.70. The van der Waals surface area contributed by atoms with Crippen molar-refractivity contribution in [3.8, 4) is 0 Å². The van der Waals surface area contributed by atoms with Crippen LogP contribution in [0.2, 0.25) is 0 Å². The van der Waals surface area contributed by atoms with Gasteiger partial charge in [0.05, 0.1) is 0 Å². The molecule has 0 spiro atoms. The fraction of sp³-hybridized carbons (Fsp3) is 0.500. The first-order chi connectivity index (χ1) is 11.0. The van der Waals surface area contributed by atoms with Crippen molar-refractivity contribution in [3.63, 3.8) is 0 Å². The van der Waals surface area contributed by atoms with Crippen LogP contribution in [0.1, 0.15) is 26.7 Å². The molecule has 1 N–H and O–H groups in total. The van der Waals surface area contributed by atoms with Gasteiger partial charge >= 0.3 is 0 Å². The molecule has 1 atom stereocenters. The largest absolute Gasteiger partial charge is 0.326 e. The van der Waals surface area contributed by atoms with Gasteiger partial charge in [0.2, 0.25) is 11.8 Å². The molecule has 1 saturated heterocycles. The zero-order chi connectivity index (χ0) is 16.8. The maximum atomic E-state index is 12.1. The average molecular weight is 315 g/mol. The molecule has 0 aliphatic carbocycles. The van der Waals surface area contributed by atoms with Crippen LogP contribution in [0.4, 0.5) is 11.4 Å². The first kappa shape index (κ1) is 16.8. The molecule has 122 valence electrons. The molecule has 2 rings (SSSR count). The van der Waals surface area contributed by atoms with E-state index in [0.29, 0.717) is 31.8 Å². The average Bonchev–Trinajstić information content (AvgIpc) is 2.86. The van der Waals surface area contributed by atoms with Crippen molar-refractivity contribution < 1.29 is 9.59 Å². The summed E-state index contributed by atoms with van der Waals surface area (Å²) in [5.74, 6) is 0.382. The van der Waals surface area contributed by atoms with Gasteiger partial charge in [-0.25, -0.2) is 0 Å². The molecule has 0 radical (unpaired) electrons. The molecule has 7 heteroatoms. The lowest BCUT2D eigenvalue weighted by Crippen LogP contribution is -2.24. The van der Waals surface area contributed by atoms with Gasteiger partial charge in [-0.2, -0.15) is 0 Å². The summed E-state index contributed by atoms with van der Waals surface area (Å²) in [6.07, 6.45) is 0.874. The van der Waals surface area contributed by atoms with Crippen LogP contribution in [0.25, 0.3) is 10.4 Å². The molecule has 23 heavy (non-hydrogen) atoms. The summed E-state index contributed by atoms with van der Waals surface area (Å²) in [5, 5.41) is 6.38. The van der Waals surface area contributed by atoms with E-state index in [0.717, 1.165) is 11.4 Å². The molecule has 1 unspecified atom stereocenters. The predicted octanol–water partition coefficient (Wildman–Crippen LogP) is 3.33. The van der Waals surface area contributed by atoms with E-state index < -0.39 is 0 Å². The van der Waals surface area contributed by atoms with E-state index in [4.69, 9.17) is 5.53 Å². The van der Waals surface area contributed by atoms with Crippen LogP contribution in [0, 0.1) is 11.8 Å². The lowest BCUT2D eigenvalue weighted by Gasteiger charge is -2.17. The Hall–Kier alpha value is -2.53. The van der Waals surface area contributed by atoms with Gasteiger partial charge in [0, 0.05) is 42.2 Å². The predicted molar refractivity (Wildman–Crippen MR) is 89.0 cm³/mol. The summed E-state index contributed by atoms with van der Waals surface area (Å²) >= 11 is 0. The number of carbonyl (C=O) groups is 2. The molecular formula is C16H21N5O2. The minimum atomic E-state index is -0.0144. The number of hydrogen-bond donors (Lipinski definition) is 1. The molecule has 1 heterocycles. The van der Waals surface area contributed by atoms with E-state index in [9.17, 15) is 9.59 Å². The van der Waals surface area contributed by atoms with Crippen LogP contribution < -0.4 is 10.2 Å². The van der Waals surface area contributed by atoms with E-state index in [1.165, 1.54) is 0 Å². The zero-order valence-corrected chi connectivity index (χ0v) is 13.4. The van der Waals surface area contributed by atoms with Crippen molar-refractivity contribution in [1.29, 1.82) is 0 Å². The highest BCUT2D eigenvalue weighted by Crippen LogP contribution is 2.26. The quantitative estimate of drug-likeness (QED) is 0.495. The second kappa shape index (κ2) is 7.65. The lowest BCUT2D eigenvalue weighted by atomic mass is 10.1. The molecule has 7 nitrogen and oxygen atoms in total.